The van der Waals surface area contributed by atoms with E-state index in [-0.39, 0.29) is 10.5 Å². The van der Waals surface area contributed by atoms with Gasteiger partial charge >= 0.3 is 12.1 Å². The van der Waals surface area contributed by atoms with Crippen molar-refractivity contribution in [2.75, 3.05) is 16.6 Å². The number of sulfonamides is 1. The monoisotopic (exact) mass is 492 g/mol. The van der Waals surface area contributed by atoms with Crippen LogP contribution in [-0.4, -0.2) is 26.9 Å². The summed E-state index contributed by atoms with van der Waals surface area (Å²) in [6.07, 6.45) is -4.67. The summed E-state index contributed by atoms with van der Waals surface area (Å²) >= 11 is 0. The minimum absolute atomic E-state index is 0.0437. The first-order valence-electron chi connectivity index (χ1n) is 9.78. The quantitative estimate of drug-likeness (QED) is 0.469. The smallest absolute Gasteiger partial charge is 0.418 e. The number of para-hydroxylation sites is 1. The molecule has 0 saturated heterocycles. The Morgan fingerprint density at radius 1 is 0.912 bits per heavy atom. The number of ether oxygens (including phenoxy) is 1. The lowest BCUT2D eigenvalue weighted by atomic mass is 10.1. The van der Waals surface area contributed by atoms with Gasteiger partial charge in [0.2, 0.25) is 0 Å². The number of halogens is 3. The number of amides is 1. The molecule has 3 aromatic rings. The Balaban J connectivity index is 1.60. The molecule has 0 bridgehead atoms. The van der Waals surface area contributed by atoms with Gasteiger partial charge in [0.25, 0.3) is 15.9 Å². The van der Waals surface area contributed by atoms with E-state index in [0.29, 0.717) is 5.69 Å². The number of rotatable bonds is 7. The second-order valence-electron chi connectivity index (χ2n) is 7.16. The highest BCUT2D eigenvalue weighted by Gasteiger charge is 2.33. The molecule has 11 heteroatoms. The standard InChI is InChI=1S/C23H19F3N2O5S/c1-15-6-10-17(11-7-15)28-34(31,32)18-12-8-16(9-13-18)22(30)33-14-21(29)27-20-5-3-2-4-19(20)23(24,25)26/h2-13,28H,14H2,1H3,(H,27,29). The number of carbonyl (C=O) groups is 2. The molecule has 0 aliphatic carbocycles. The summed E-state index contributed by atoms with van der Waals surface area (Å²) in [5.74, 6) is -1.92. The number of hydrogen-bond acceptors (Lipinski definition) is 5. The normalized spacial score (nSPS) is 11.5. The second kappa shape index (κ2) is 9.96. The number of nitrogens with one attached hydrogen (secondary N) is 2. The van der Waals surface area contributed by atoms with Gasteiger partial charge in [-0.25, -0.2) is 13.2 Å². The average molecular weight is 492 g/mol. The molecule has 3 aromatic carbocycles. The summed E-state index contributed by atoms with van der Waals surface area (Å²) < 4.78 is 71.2. The van der Waals surface area contributed by atoms with E-state index >= 15 is 0 Å². The SMILES string of the molecule is Cc1ccc(NS(=O)(=O)c2ccc(C(=O)OCC(=O)Nc3ccccc3C(F)(F)F)cc2)cc1. The van der Waals surface area contributed by atoms with Gasteiger partial charge in [-0.05, 0) is 55.5 Å². The van der Waals surface area contributed by atoms with E-state index in [1.807, 2.05) is 6.92 Å². The third-order valence-corrected chi connectivity index (χ3v) is 5.94. The van der Waals surface area contributed by atoms with Crippen LogP contribution < -0.4 is 10.0 Å². The van der Waals surface area contributed by atoms with Gasteiger partial charge in [0.15, 0.2) is 6.61 Å². The number of esters is 1. The van der Waals surface area contributed by atoms with E-state index in [0.717, 1.165) is 17.7 Å². The van der Waals surface area contributed by atoms with Crippen LogP contribution in [0.25, 0.3) is 0 Å². The lowest BCUT2D eigenvalue weighted by Gasteiger charge is -2.13. The van der Waals surface area contributed by atoms with Gasteiger partial charge in [0.1, 0.15) is 0 Å². The van der Waals surface area contributed by atoms with E-state index in [1.165, 1.54) is 36.4 Å². The van der Waals surface area contributed by atoms with Crippen molar-refractivity contribution >= 4 is 33.3 Å². The van der Waals surface area contributed by atoms with Crippen molar-refractivity contribution in [2.45, 2.75) is 18.0 Å². The Hall–Kier alpha value is -3.86. The maximum atomic E-state index is 13.0. The van der Waals surface area contributed by atoms with Gasteiger partial charge in [0, 0.05) is 5.69 Å². The summed E-state index contributed by atoms with van der Waals surface area (Å²) in [6.45, 7) is 1.03. The topological polar surface area (TPSA) is 102 Å². The molecule has 0 heterocycles. The third-order valence-electron chi connectivity index (χ3n) is 4.55. The number of alkyl halides is 3. The fraction of sp³-hybridized carbons (Fsp3) is 0.130. The largest absolute Gasteiger partial charge is 0.452 e. The highest BCUT2D eigenvalue weighted by Crippen LogP contribution is 2.34. The fourth-order valence-corrected chi connectivity index (χ4v) is 3.90. The Morgan fingerprint density at radius 3 is 2.15 bits per heavy atom. The number of anilines is 2. The van der Waals surface area contributed by atoms with E-state index < -0.39 is 45.9 Å². The average Bonchev–Trinajstić information content (AvgIpc) is 2.78. The zero-order valence-electron chi connectivity index (χ0n) is 17.7. The Labute approximate surface area is 193 Å². The Kier molecular flexibility index (Phi) is 7.26. The van der Waals surface area contributed by atoms with Crippen molar-refractivity contribution < 1.29 is 35.9 Å². The molecule has 34 heavy (non-hydrogen) atoms. The lowest BCUT2D eigenvalue weighted by molar-refractivity contribution is -0.137. The molecule has 7 nitrogen and oxygen atoms in total. The van der Waals surface area contributed by atoms with E-state index in [1.54, 1.807) is 24.3 Å². The minimum Gasteiger partial charge on any atom is -0.452 e. The molecule has 0 atom stereocenters. The van der Waals surface area contributed by atoms with E-state index in [2.05, 4.69) is 10.0 Å². The van der Waals surface area contributed by atoms with Crippen molar-refractivity contribution in [3.05, 3.63) is 89.5 Å². The van der Waals surface area contributed by atoms with Crippen molar-refractivity contribution in [1.29, 1.82) is 0 Å². The van der Waals surface area contributed by atoms with Crippen LogP contribution in [-0.2, 0) is 25.7 Å². The molecule has 1 amide bonds. The van der Waals surface area contributed by atoms with Crippen molar-refractivity contribution in [1.82, 2.24) is 0 Å². The van der Waals surface area contributed by atoms with Gasteiger partial charge in [-0.2, -0.15) is 13.2 Å². The zero-order valence-corrected chi connectivity index (χ0v) is 18.5. The number of hydrogen-bond donors (Lipinski definition) is 2. The minimum atomic E-state index is -4.67. The first-order valence-corrected chi connectivity index (χ1v) is 11.3. The Morgan fingerprint density at radius 2 is 1.53 bits per heavy atom. The molecule has 0 spiro atoms. The molecule has 0 fully saturated rings. The van der Waals surface area contributed by atoms with Crippen LogP contribution in [0.4, 0.5) is 24.5 Å². The molecule has 178 valence electrons. The van der Waals surface area contributed by atoms with Gasteiger partial charge in [0.05, 0.1) is 21.7 Å². The zero-order chi connectivity index (χ0) is 24.9. The second-order valence-corrected chi connectivity index (χ2v) is 8.85. The van der Waals surface area contributed by atoms with Crippen LogP contribution in [0, 0.1) is 6.92 Å². The summed E-state index contributed by atoms with van der Waals surface area (Å²) in [5, 5.41) is 2.06. The lowest BCUT2D eigenvalue weighted by Crippen LogP contribution is -2.22. The van der Waals surface area contributed by atoms with Crippen LogP contribution >= 0.6 is 0 Å². The number of aryl methyl sites for hydroxylation is 1. The molecule has 0 aromatic heterocycles. The first kappa shape index (κ1) is 24.8. The van der Waals surface area contributed by atoms with Crippen molar-refractivity contribution in [3.63, 3.8) is 0 Å². The summed E-state index contributed by atoms with van der Waals surface area (Å²) in [4.78, 5) is 24.0. The predicted octanol–water partition coefficient (Wildman–Crippen LogP) is 4.61. The third kappa shape index (κ3) is 6.35. The van der Waals surface area contributed by atoms with E-state index in [4.69, 9.17) is 4.74 Å². The molecule has 0 unspecified atom stereocenters. The summed E-state index contributed by atoms with van der Waals surface area (Å²) in [7, 11) is -3.90. The highest BCUT2D eigenvalue weighted by atomic mass is 32.2. The van der Waals surface area contributed by atoms with Gasteiger partial charge in [-0.3, -0.25) is 9.52 Å². The van der Waals surface area contributed by atoms with E-state index in [9.17, 15) is 31.2 Å². The molecule has 3 rings (SSSR count). The fourth-order valence-electron chi connectivity index (χ4n) is 2.85. The van der Waals surface area contributed by atoms with Crippen LogP contribution in [0.2, 0.25) is 0 Å². The summed E-state index contributed by atoms with van der Waals surface area (Å²) in [5.41, 5.74) is -0.216. The van der Waals surface area contributed by atoms with Crippen LogP contribution in [0.1, 0.15) is 21.5 Å². The highest BCUT2D eigenvalue weighted by molar-refractivity contribution is 7.92. The number of carbonyl (C=O) groups excluding carboxylic acids is 2. The van der Waals surface area contributed by atoms with Gasteiger partial charge in [-0.15, -0.1) is 0 Å². The predicted molar refractivity (Wildman–Crippen MR) is 119 cm³/mol. The molecular formula is C23H19F3N2O5S. The number of benzene rings is 3. The van der Waals surface area contributed by atoms with Crippen molar-refractivity contribution in [2.24, 2.45) is 0 Å². The molecule has 2 N–H and O–H groups in total. The maximum absolute atomic E-state index is 13.0. The molecule has 0 aliphatic heterocycles. The molecule has 0 radical (unpaired) electrons. The van der Waals surface area contributed by atoms with Crippen molar-refractivity contribution in [3.8, 4) is 0 Å². The first-order chi connectivity index (χ1) is 16.0. The van der Waals surface area contributed by atoms with Crippen LogP contribution in [0.5, 0.6) is 0 Å². The van der Waals surface area contributed by atoms with Crippen LogP contribution in [0.3, 0.4) is 0 Å². The molecule has 0 aliphatic rings. The maximum Gasteiger partial charge on any atom is 0.418 e. The van der Waals surface area contributed by atoms with Crippen LogP contribution in [0.15, 0.2) is 77.7 Å². The van der Waals surface area contributed by atoms with Gasteiger partial charge < -0.3 is 10.1 Å². The molecule has 0 saturated carbocycles. The van der Waals surface area contributed by atoms with Gasteiger partial charge in [-0.1, -0.05) is 29.8 Å². The molecular weight excluding hydrogens is 473 g/mol. The summed E-state index contributed by atoms with van der Waals surface area (Å²) in [6, 6.07) is 15.9. The Bertz CT molecular complexity index is 1290.